The van der Waals surface area contributed by atoms with Crippen molar-refractivity contribution < 1.29 is 23.7 Å². The highest BCUT2D eigenvalue weighted by Crippen LogP contribution is 2.35. The number of nitriles is 1. The van der Waals surface area contributed by atoms with Crippen molar-refractivity contribution in [2.75, 3.05) is 39.3 Å². The summed E-state index contributed by atoms with van der Waals surface area (Å²) in [4.78, 5) is 21.5. The van der Waals surface area contributed by atoms with Crippen LogP contribution in [0.4, 0.5) is 5.82 Å². The Kier molecular flexibility index (Phi) is 6.46. The van der Waals surface area contributed by atoms with Crippen molar-refractivity contribution in [3.8, 4) is 29.1 Å². The monoisotopic (exact) mass is 398 g/mol. The van der Waals surface area contributed by atoms with Crippen LogP contribution < -0.4 is 14.8 Å². The first-order valence-electron chi connectivity index (χ1n) is 9.21. The highest BCUT2D eigenvalue weighted by molar-refractivity contribution is 5.97. The van der Waals surface area contributed by atoms with Gasteiger partial charge in [-0.25, -0.2) is 9.78 Å². The number of anilines is 1. The summed E-state index contributed by atoms with van der Waals surface area (Å²) in [7, 11) is 3.11. The van der Waals surface area contributed by atoms with Crippen LogP contribution in [0.25, 0.3) is 11.4 Å². The van der Waals surface area contributed by atoms with Crippen LogP contribution in [0.5, 0.6) is 11.6 Å². The molecule has 0 bridgehead atoms. The Morgan fingerprint density at radius 1 is 1.41 bits per heavy atom. The van der Waals surface area contributed by atoms with E-state index in [2.05, 4.69) is 21.4 Å². The van der Waals surface area contributed by atoms with Crippen LogP contribution >= 0.6 is 0 Å². The van der Waals surface area contributed by atoms with Gasteiger partial charge >= 0.3 is 5.97 Å². The fourth-order valence-electron chi connectivity index (χ4n) is 3.00. The zero-order chi connectivity index (χ0) is 20.8. The first-order chi connectivity index (χ1) is 14.1. The standard InChI is InChI=1S/C20H22N4O5/c1-4-28-20(25)15-18(22-2)23-17(24-19(15)29-13-8-9-27-11-13)14-7-5-6-12(10-21)16(14)26-3/h5-7,13H,4,8-9,11H2,1-3H3,(H,22,23,24). The summed E-state index contributed by atoms with van der Waals surface area (Å²) in [6, 6.07) is 7.18. The van der Waals surface area contributed by atoms with Gasteiger partial charge < -0.3 is 24.3 Å². The molecule has 1 aliphatic heterocycles. The lowest BCUT2D eigenvalue weighted by Gasteiger charge is -2.18. The van der Waals surface area contributed by atoms with Crippen molar-refractivity contribution in [1.29, 1.82) is 5.26 Å². The van der Waals surface area contributed by atoms with Crippen LogP contribution in [-0.4, -0.2) is 56.0 Å². The minimum absolute atomic E-state index is 0.0951. The lowest BCUT2D eigenvalue weighted by atomic mass is 10.1. The first kappa shape index (κ1) is 20.4. The van der Waals surface area contributed by atoms with Crippen LogP contribution in [0.3, 0.4) is 0 Å². The number of carbonyl (C=O) groups excluding carboxylic acids is 1. The molecule has 1 aliphatic rings. The maximum absolute atomic E-state index is 12.6. The van der Waals surface area contributed by atoms with Crippen molar-refractivity contribution in [1.82, 2.24) is 9.97 Å². The Morgan fingerprint density at radius 2 is 2.24 bits per heavy atom. The number of nitrogens with zero attached hydrogens (tertiary/aromatic N) is 3. The van der Waals surface area contributed by atoms with E-state index in [-0.39, 0.29) is 35.8 Å². The van der Waals surface area contributed by atoms with Gasteiger partial charge in [0, 0.05) is 13.5 Å². The molecule has 0 saturated carbocycles. The molecule has 0 amide bonds. The Balaban J connectivity index is 2.17. The van der Waals surface area contributed by atoms with Crippen molar-refractivity contribution in [2.24, 2.45) is 0 Å². The van der Waals surface area contributed by atoms with E-state index in [1.165, 1.54) is 7.11 Å². The highest BCUT2D eigenvalue weighted by Gasteiger charge is 2.28. The second-order valence-corrected chi connectivity index (χ2v) is 6.15. The van der Waals surface area contributed by atoms with Gasteiger partial charge in [0.1, 0.15) is 23.7 Å². The number of ether oxygens (including phenoxy) is 4. The van der Waals surface area contributed by atoms with Gasteiger partial charge in [-0.05, 0) is 19.1 Å². The van der Waals surface area contributed by atoms with Crippen molar-refractivity contribution in [2.45, 2.75) is 19.4 Å². The Labute approximate surface area is 168 Å². The van der Waals surface area contributed by atoms with E-state index in [0.29, 0.717) is 36.5 Å². The average molecular weight is 398 g/mol. The summed E-state index contributed by atoms with van der Waals surface area (Å²) >= 11 is 0. The Hall–Kier alpha value is -3.38. The van der Waals surface area contributed by atoms with Gasteiger partial charge in [-0.15, -0.1) is 0 Å². The molecule has 0 aliphatic carbocycles. The fraction of sp³-hybridized carbons (Fsp3) is 0.400. The summed E-state index contributed by atoms with van der Waals surface area (Å²) in [6.45, 7) is 2.90. The number of benzene rings is 1. The van der Waals surface area contributed by atoms with E-state index in [4.69, 9.17) is 18.9 Å². The van der Waals surface area contributed by atoms with Gasteiger partial charge in [-0.2, -0.15) is 10.2 Å². The number of hydrogen-bond acceptors (Lipinski definition) is 9. The van der Waals surface area contributed by atoms with Gasteiger partial charge in [0.05, 0.1) is 38.1 Å². The minimum Gasteiger partial charge on any atom is -0.495 e. The van der Waals surface area contributed by atoms with E-state index in [0.717, 1.165) is 0 Å². The molecule has 9 nitrogen and oxygen atoms in total. The molecule has 1 atom stereocenters. The Bertz CT molecular complexity index is 935. The van der Waals surface area contributed by atoms with Crippen molar-refractivity contribution in [3.63, 3.8) is 0 Å². The zero-order valence-electron chi connectivity index (χ0n) is 16.5. The molecule has 0 radical (unpaired) electrons. The molecule has 1 fully saturated rings. The highest BCUT2D eigenvalue weighted by atomic mass is 16.6. The van der Waals surface area contributed by atoms with E-state index in [1.807, 2.05) is 0 Å². The molecule has 3 rings (SSSR count). The summed E-state index contributed by atoms with van der Waals surface area (Å²) in [5.74, 6) is 0.362. The SMILES string of the molecule is CCOC(=O)c1c(NC)nc(-c2cccc(C#N)c2OC)nc1OC1CCOC1. The third kappa shape index (κ3) is 4.22. The van der Waals surface area contributed by atoms with Crippen molar-refractivity contribution in [3.05, 3.63) is 29.3 Å². The van der Waals surface area contributed by atoms with Crippen molar-refractivity contribution >= 4 is 11.8 Å². The predicted molar refractivity (Wildman–Crippen MR) is 104 cm³/mol. The van der Waals surface area contributed by atoms with E-state index >= 15 is 0 Å². The third-order valence-electron chi connectivity index (χ3n) is 4.34. The minimum atomic E-state index is -0.588. The smallest absolute Gasteiger partial charge is 0.347 e. The lowest BCUT2D eigenvalue weighted by molar-refractivity contribution is 0.0516. The predicted octanol–water partition coefficient (Wildman–Crippen LogP) is 2.41. The molecule has 0 spiro atoms. The van der Waals surface area contributed by atoms with E-state index in [9.17, 15) is 10.1 Å². The topological polar surface area (TPSA) is 116 Å². The molecule has 29 heavy (non-hydrogen) atoms. The summed E-state index contributed by atoms with van der Waals surface area (Å²) in [5, 5.41) is 12.3. The summed E-state index contributed by atoms with van der Waals surface area (Å²) in [5.41, 5.74) is 0.965. The third-order valence-corrected chi connectivity index (χ3v) is 4.34. The number of rotatable bonds is 7. The number of esters is 1. The molecular weight excluding hydrogens is 376 g/mol. The molecule has 2 heterocycles. The second-order valence-electron chi connectivity index (χ2n) is 6.15. The Morgan fingerprint density at radius 3 is 2.86 bits per heavy atom. The largest absolute Gasteiger partial charge is 0.495 e. The first-order valence-corrected chi connectivity index (χ1v) is 9.21. The summed E-state index contributed by atoms with van der Waals surface area (Å²) < 4.78 is 21.9. The second kappa shape index (κ2) is 9.21. The molecule has 1 saturated heterocycles. The molecule has 1 aromatic heterocycles. The quantitative estimate of drug-likeness (QED) is 0.702. The number of hydrogen-bond donors (Lipinski definition) is 1. The van der Waals surface area contributed by atoms with Gasteiger partial charge in [0.25, 0.3) is 0 Å². The molecule has 1 unspecified atom stereocenters. The zero-order valence-corrected chi connectivity index (χ0v) is 16.5. The van der Waals surface area contributed by atoms with Crippen LogP contribution in [0.15, 0.2) is 18.2 Å². The maximum Gasteiger partial charge on any atom is 0.347 e. The van der Waals surface area contributed by atoms with Crippen LogP contribution in [0, 0.1) is 11.3 Å². The average Bonchev–Trinajstić information content (AvgIpc) is 3.25. The number of para-hydroxylation sites is 1. The van der Waals surface area contributed by atoms with Crippen LogP contribution in [0.1, 0.15) is 29.3 Å². The maximum atomic E-state index is 12.6. The van der Waals surface area contributed by atoms with Gasteiger partial charge in [-0.1, -0.05) is 6.07 Å². The molecular formula is C20H22N4O5. The summed E-state index contributed by atoms with van der Waals surface area (Å²) in [6.07, 6.45) is 0.451. The molecule has 152 valence electrons. The number of nitrogens with one attached hydrogen (secondary N) is 1. The van der Waals surface area contributed by atoms with E-state index in [1.54, 1.807) is 32.2 Å². The number of methoxy groups -OCH3 is 1. The molecule has 1 N–H and O–H groups in total. The van der Waals surface area contributed by atoms with Gasteiger partial charge in [0.2, 0.25) is 5.88 Å². The van der Waals surface area contributed by atoms with Gasteiger partial charge in [0.15, 0.2) is 11.4 Å². The fourth-order valence-corrected chi connectivity index (χ4v) is 3.00. The van der Waals surface area contributed by atoms with E-state index < -0.39 is 5.97 Å². The molecule has 9 heteroatoms. The van der Waals surface area contributed by atoms with Crippen LogP contribution in [-0.2, 0) is 9.47 Å². The molecule has 1 aromatic carbocycles. The number of aromatic nitrogens is 2. The lowest BCUT2D eigenvalue weighted by Crippen LogP contribution is -2.21. The number of carbonyl (C=O) groups is 1. The van der Waals surface area contributed by atoms with Gasteiger partial charge in [-0.3, -0.25) is 0 Å². The van der Waals surface area contributed by atoms with Crippen LogP contribution in [0.2, 0.25) is 0 Å². The molecule has 2 aromatic rings. The normalized spacial score (nSPS) is 15.4.